The molecule has 0 unspecified atom stereocenters. The molecule has 0 bridgehead atoms. The molecule has 5 nitrogen and oxygen atoms in total. The quantitative estimate of drug-likeness (QED) is 0.720. The summed E-state index contributed by atoms with van der Waals surface area (Å²) in [4.78, 5) is 8.81. The number of hydrogen-bond acceptors (Lipinski definition) is 4. The van der Waals surface area contributed by atoms with Crippen LogP contribution in [0.3, 0.4) is 0 Å². The van der Waals surface area contributed by atoms with Gasteiger partial charge in [-0.3, -0.25) is 0 Å². The Morgan fingerprint density at radius 1 is 1.31 bits per heavy atom. The molecule has 5 heteroatoms. The van der Waals surface area contributed by atoms with E-state index in [9.17, 15) is 0 Å². The summed E-state index contributed by atoms with van der Waals surface area (Å²) in [6.45, 7) is 6.18. The molecular weight excluding hydrogens is 204 g/mol. The lowest BCUT2D eigenvalue weighted by Crippen LogP contribution is -2.16. The zero-order valence-electron chi connectivity index (χ0n) is 9.45. The highest BCUT2D eigenvalue weighted by molar-refractivity contribution is 5.88. The molecule has 0 saturated heterocycles. The Bertz CT molecular complexity index is 573. The molecule has 84 valence electrons. The Morgan fingerprint density at radius 2 is 2.12 bits per heavy atom. The van der Waals surface area contributed by atoms with Gasteiger partial charge in [0.25, 0.3) is 0 Å². The van der Waals surface area contributed by atoms with E-state index in [-0.39, 0.29) is 0 Å². The Kier molecular flexibility index (Phi) is 1.91. The summed E-state index contributed by atoms with van der Waals surface area (Å²) in [5, 5.41) is 0. The van der Waals surface area contributed by atoms with E-state index in [1.165, 1.54) is 0 Å². The van der Waals surface area contributed by atoms with Crippen LogP contribution >= 0.6 is 0 Å². The Balaban J connectivity index is 2.43. The number of nitrogens with two attached hydrogens (primary N) is 1. The van der Waals surface area contributed by atoms with Crippen LogP contribution in [0.5, 0.6) is 0 Å². The van der Waals surface area contributed by atoms with Crippen LogP contribution in [-0.4, -0.2) is 21.1 Å². The van der Waals surface area contributed by atoms with E-state index in [1.54, 1.807) is 0 Å². The Labute approximate surface area is 93.2 Å². The van der Waals surface area contributed by atoms with Crippen LogP contribution in [-0.2, 0) is 17.9 Å². The van der Waals surface area contributed by atoms with E-state index in [4.69, 9.17) is 10.5 Å². The van der Waals surface area contributed by atoms with Crippen molar-refractivity contribution < 1.29 is 4.74 Å². The molecule has 0 amide bonds. The third kappa shape index (κ3) is 1.15. The van der Waals surface area contributed by atoms with Gasteiger partial charge in [0.2, 0.25) is 0 Å². The van der Waals surface area contributed by atoms with Gasteiger partial charge in [-0.15, -0.1) is 0 Å². The molecule has 3 rings (SSSR count). The molecule has 0 fully saturated rings. The number of nitrogen functional groups attached to an aromatic ring is 1. The fourth-order valence-corrected chi connectivity index (χ4v) is 2.22. The van der Waals surface area contributed by atoms with E-state index in [0.717, 1.165) is 41.3 Å². The predicted octanol–water partition coefficient (Wildman–Crippen LogP) is 1.16. The highest BCUT2D eigenvalue weighted by atomic mass is 16.5. The molecule has 0 spiro atoms. The van der Waals surface area contributed by atoms with Crippen molar-refractivity contribution >= 4 is 16.9 Å². The number of anilines is 1. The molecule has 1 aliphatic rings. The maximum absolute atomic E-state index is 5.91. The fraction of sp³-hybridized carbons (Fsp3) is 0.455. The van der Waals surface area contributed by atoms with Gasteiger partial charge in [-0.2, -0.15) is 0 Å². The van der Waals surface area contributed by atoms with Crippen LogP contribution in [0.4, 0.5) is 5.82 Å². The number of aromatic nitrogens is 3. The van der Waals surface area contributed by atoms with Crippen LogP contribution in [0.15, 0.2) is 0 Å². The topological polar surface area (TPSA) is 66.0 Å². The first-order valence-corrected chi connectivity index (χ1v) is 5.38. The van der Waals surface area contributed by atoms with Gasteiger partial charge in [-0.1, -0.05) is 0 Å². The van der Waals surface area contributed by atoms with Crippen molar-refractivity contribution in [3.8, 4) is 0 Å². The predicted molar refractivity (Wildman–Crippen MR) is 61.1 cm³/mol. The molecule has 16 heavy (non-hydrogen) atoms. The largest absolute Gasteiger partial charge is 0.382 e. The lowest BCUT2D eigenvalue weighted by Gasteiger charge is -2.16. The minimum Gasteiger partial charge on any atom is -0.382 e. The maximum Gasteiger partial charge on any atom is 0.151 e. The van der Waals surface area contributed by atoms with Crippen LogP contribution in [0.2, 0.25) is 0 Å². The number of fused-ring (bicyclic) bond motifs is 3. The molecule has 0 radical (unpaired) electrons. The molecular formula is C11H14N4O. The number of hydrogen-bond donors (Lipinski definition) is 1. The summed E-state index contributed by atoms with van der Waals surface area (Å²) < 4.78 is 7.58. The van der Waals surface area contributed by atoms with Gasteiger partial charge in [0.05, 0.1) is 12.1 Å². The Morgan fingerprint density at radius 3 is 2.94 bits per heavy atom. The second-order valence-corrected chi connectivity index (χ2v) is 4.14. The number of aryl methyl sites for hydroxylation is 2. The summed E-state index contributed by atoms with van der Waals surface area (Å²) >= 11 is 0. The van der Waals surface area contributed by atoms with Gasteiger partial charge in [0.1, 0.15) is 17.9 Å². The van der Waals surface area contributed by atoms with E-state index >= 15 is 0 Å². The fourth-order valence-electron chi connectivity index (χ4n) is 2.22. The molecule has 2 N–H and O–H groups in total. The lowest BCUT2D eigenvalue weighted by atomic mass is 10.2. The molecule has 3 heterocycles. The number of rotatable bonds is 0. The molecule has 0 aliphatic carbocycles. The first-order valence-electron chi connectivity index (χ1n) is 5.38. The van der Waals surface area contributed by atoms with Gasteiger partial charge in [0, 0.05) is 12.2 Å². The zero-order valence-corrected chi connectivity index (χ0v) is 9.45. The Hall–Kier alpha value is -1.62. The summed E-state index contributed by atoms with van der Waals surface area (Å²) in [6.07, 6.45) is 0. The third-order valence-corrected chi connectivity index (χ3v) is 3.17. The van der Waals surface area contributed by atoms with Crippen molar-refractivity contribution in [1.29, 1.82) is 0 Å². The van der Waals surface area contributed by atoms with Crippen LogP contribution in [0.1, 0.15) is 17.1 Å². The van der Waals surface area contributed by atoms with E-state index in [2.05, 4.69) is 21.5 Å². The normalized spacial score (nSPS) is 15.4. The van der Waals surface area contributed by atoms with Gasteiger partial charge in [-0.25, -0.2) is 9.97 Å². The third-order valence-electron chi connectivity index (χ3n) is 3.17. The average molecular weight is 218 g/mol. The van der Waals surface area contributed by atoms with Crippen molar-refractivity contribution in [2.45, 2.75) is 27.0 Å². The standard InChI is InChI=1S/C11H14N4O/c1-6-7(2)13-11(12)9-10(6)15-3-4-16-5-8(15)14-9/h3-5H2,1-2H3,(H2,12,13). The lowest BCUT2D eigenvalue weighted by molar-refractivity contribution is 0.0830. The van der Waals surface area contributed by atoms with Crippen LogP contribution < -0.4 is 5.73 Å². The van der Waals surface area contributed by atoms with Gasteiger partial charge in [-0.05, 0) is 19.4 Å². The van der Waals surface area contributed by atoms with Gasteiger partial charge >= 0.3 is 0 Å². The smallest absolute Gasteiger partial charge is 0.151 e. The molecule has 0 saturated carbocycles. The molecule has 2 aromatic heterocycles. The van der Waals surface area contributed by atoms with Gasteiger partial charge in [0.15, 0.2) is 5.82 Å². The van der Waals surface area contributed by atoms with Crippen LogP contribution in [0.25, 0.3) is 11.0 Å². The molecule has 0 aromatic carbocycles. The number of ether oxygens (including phenoxy) is 1. The minimum absolute atomic E-state index is 0.514. The molecule has 0 atom stereocenters. The van der Waals surface area contributed by atoms with Crippen molar-refractivity contribution in [1.82, 2.24) is 14.5 Å². The minimum atomic E-state index is 0.514. The zero-order chi connectivity index (χ0) is 11.3. The first kappa shape index (κ1) is 9.59. The summed E-state index contributed by atoms with van der Waals surface area (Å²) in [5.41, 5.74) is 9.96. The van der Waals surface area contributed by atoms with Crippen molar-refractivity contribution in [2.24, 2.45) is 0 Å². The average Bonchev–Trinajstić information content (AvgIpc) is 2.66. The second kappa shape index (κ2) is 3.18. The maximum atomic E-state index is 5.91. The summed E-state index contributed by atoms with van der Waals surface area (Å²) in [7, 11) is 0. The number of nitrogens with zero attached hydrogens (tertiary/aromatic N) is 3. The van der Waals surface area contributed by atoms with Gasteiger partial charge < -0.3 is 15.0 Å². The van der Waals surface area contributed by atoms with E-state index < -0.39 is 0 Å². The SMILES string of the molecule is Cc1nc(N)c2nc3n(c2c1C)CCOC3. The molecule has 2 aromatic rings. The first-order chi connectivity index (χ1) is 7.68. The summed E-state index contributed by atoms with van der Waals surface area (Å²) in [5.74, 6) is 1.46. The highest BCUT2D eigenvalue weighted by Crippen LogP contribution is 2.27. The van der Waals surface area contributed by atoms with Crippen molar-refractivity contribution in [2.75, 3.05) is 12.3 Å². The monoisotopic (exact) mass is 218 g/mol. The van der Waals surface area contributed by atoms with E-state index in [1.807, 2.05) is 6.92 Å². The second-order valence-electron chi connectivity index (χ2n) is 4.14. The van der Waals surface area contributed by atoms with Crippen LogP contribution in [0, 0.1) is 13.8 Å². The van der Waals surface area contributed by atoms with Crippen molar-refractivity contribution in [3.63, 3.8) is 0 Å². The van der Waals surface area contributed by atoms with Crippen molar-refractivity contribution in [3.05, 3.63) is 17.1 Å². The van der Waals surface area contributed by atoms with E-state index in [0.29, 0.717) is 12.4 Å². The molecule has 1 aliphatic heterocycles. The highest BCUT2D eigenvalue weighted by Gasteiger charge is 2.19. The summed E-state index contributed by atoms with van der Waals surface area (Å²) in [6, 6.07) is 0. The number of pyridine rings is 1. The number of imidazole rings is 1.